The molecular weight excluding hydrogens is 348 g/mol. The fraction of sp³-hybridized carbons (Fsp3) is 0.133. The van der Waals surface area contributed by atoms with Crippen molar-refractivity contribution >= 4 is 32.3 Å². The first kappa shape index (κ1) is 32.4. The van der Waals surface area contributed by atoms with Crippen LogP contribution >= 0.6 is 0 Å². The van der Waals surface area contributed by atoms with Crippen LogP contribution in [0.25, 0.3) is 0 Å². The number of hydrogen-bond donors (Lipinski definition) is 0. The Morgan fingerprint density at radius 1 is 0.826 bits per heavy atom. The minimum absolute atomic E-state index is 0. The van der Waals surface area contributed by atoms with E-state index in [4.69, 9.17) is 23.9 Å². The summed E-state index contributed by atoms with van der Waals surface area (Å²) in [5, 5.41) is 0. The maximum atomic E-state index is 10.9. The molecule has 8 heteroatoms. The molecule has 0 unspecified atom stereocenters. The van der Waals surface area contributed by atoms with E-state index in [1.807, 2.05) is 27.3 Å². The molecule has 7 nitrogen and oxygen atoms in total. The van der Waals surface area contributed by atoms with Gasteiger partial charge in [-0.3, -0.25) is 0 Å². The average molecular weight is 368 g/mol. The molecule has 0 aliphatic rings. The van der Waals surface area contributed by atoms with Gasteiger partial charge < -0.3 is 23.9 Å². The van der Waals surface area contributed by atoms with Crippen LogP contribution in [-0.2, 0) is 50.5 Å². The van der Waals surface area contributed by atoms with Gasteiger partial charge in [-0.2, -0.15) is 0 Å². The maximum absolute atomic E-state index is 10.9. The predicted molar refractivity (Wildman–Crippen MR) is 81.7 cm³/mol. The van der Waals surface area contributed by atoms with Crippen molar-refractivity contribution in [2.24, 2.45) is 0 Å². The van der Waals surface area contributed by atoms with Gasteiger partial charge in [-0.25, -0.2) is 9.59 Å². The molecule has 0 fully saturated rings. The molecule has 0 aromatic carbocycles. The van der Waals surface area contributed by atoms with Gasteiger partial charge in [0.15, 0.2) is 0 Å². The van der Waals surface area contributed by atoms with E-state index >= 15 is 0 Å². The Kier molecular flexibility index (Phi) is 44.6. The molecule has 0 aromatic heterocycles. The molecule has 0 saturated heterocycles. The van der Waals surface area contributed by atoms with Gasteiger partial charge in [-0.05, 0) is 13.0 Å². The summed E-state index contributed by atoms with van der Waals surface area (Å²) < 4.78 is 9.50. The Morgan fingerprint density at radius 2 is 1.17 bits per heavy atom. The van der Waals surface area contributed by atoms with Crippen LogP contribution in [0, 0.1) is 0 Å². The molecule has 0 spiro atoms. The summed E-state index contributed by atoms with van der Waals surface area (Å²) in [6, 6.07) is 0. The first-order valence-corrected chi connectivity index (χ1v) is 5.46. The zero-order valence-electron chi connectivity index (χ0n) is 12.8. The molecule has 0 N–H and O–H groups in total. The van der Waals surface area contributed by atoms with Crippen LogP contribution in [0.4, 0.5) is 0 Å². The SMILES string of the molecule is C=CC(=O)OC(C=CC=CC)OC(=O)C=C.C=O.C=O.C=O.[Fe]. The van der Waals surface area contributed by atoms with E-state index in [1.165, 1.54) is 6.08 Å². The van der Waals surface area contributed by atoms with Crippen LogP contribution < -0.4 is 0 Å². The van der Waals surface area contributed by atoms with Crippen molar-refractivity contribution in [2.45, 2.75) is 13.2 Å². The van der Waals surface area contributed by atoms with Gasteiger partial charge in [0.1, 0.15) is 20.4 Å². The molecule has 0 radical (unpaired) electrons. The van der Waals surface area contributed by atoms with Gasteiger partial charge in [0.25, 0.3) is 6.29 Å². The summed E-state index contributed by atoms with van der Waals surface area (Å²) in [6.45, 7) is 14.3. The predicted octanol–water partition coefficient (Wildman–Crippen LogP) is 1.35. The Balaban J connectivity index is -0.000000137. The van der Waals surface area contributed by atoms with Crippen molar-refractivity contribution in [3.63, 3.8) is 0 Å². The molecule has 0 aliphatic heterocycles. The molecule has 0 atom stereocenters. The van der Waals surface area contributed by atoms with Crippen molar-refractivity contribution in [1.82, 2.24) is 0 Å². The summed E-state index contributed by atoms with van der Waals surface area (Å²) >= 11 is 0. The summed E-state index contributed by atoms with van der Waals surface area (Å²) in [5.74, 6) is -1.35. The molecule has 23 heavy (non-hydrogen) atoms. The van der Waals surface area contributed by atoms with Gasteiger partial charge in [0, 0.05) is 29.2 Å². The smallest absolute Gasteiger partial charge is 0.333 e. The van der Waals surface area contributed by atoms with Crippen LogP contribution in [0.1, 0.15) is 6.92 Å². The quantitative estimate of drug-likeness (QED) is 0.229. The third kappa shape index (κ3) is 28.3. The van der Waals surface area contributed by atoms with Crippen LogP contribution in [0.2, 0.25) is 0 Å². The standard InChI is InChI=1S/C12H14O4.3CH2O.Fe/c1-4-7-8-9-12(15-10(13)5-2)16-11(14)6-3;3*1-2;/h4-9,12H,2-3H2,1H3;3*1H2;. The monoisotopic (exact) mass is 368 g/mol. The topological polar surface area (TPSA) is 104 Å². The third-order valence-corrected chi connectivity index (χ3v) is 1.37. The summed E-state index contributed by atoms with van der Waals surface area (Å²) in [7, 11) is 0. The molecule has 0 amide bonds. The molecule has 0 aliphatic carbocycles. The Hall–Kier alpha value is -2.57. The fourth-order valence-corrected chi connectivity index (χ4v) is 0.694. The summed E-state index contributed by atoms with van der Waals surface area (Å²) in [4.78, 5) is 45.8. The number of ether oxygens (including phenoxy) is 2. The van der Waals surface area contributed by atoms with E-state index < -0.39 is 18.2 Å². The second-order valence-electron chi connectivity index (χ2n) is 2.56. The van der Waals surface area contributed by atoms with E-state index in [2.05, 4.69) is 13.2 Å². The van der Waals surface area contributed by atoms with Gasteiger partial charge in [-0.1, -0.05) is 31.4 Å². The van der Waals surface area contributed by atoms with Crippen molar-refractivity contribution in [1.29, 1.82) is 0 Å². The minimum atomic E-state index is -1.08. The Labute approximate surface area is 146 Å². The van der Waals surface area contributed by atoms with E-state index in [9.17, 15) is 9.59 Å². The summed E-state index contributed by atoms with van der Waals surface area (Å²) in [6.07, 6.45) is 7.39. The van der Waals surface area contributed by atoms with E-state index in [0.717, 1.165) is 12.2 Å². The Morgan fingerprint density at radius 3 is 1.43 bits per heavy atom. The second-order valence-corrected chi connectivity index (χ2v) is 2.56. The van der Waals surface area contributed by atoms with Crippen molar-refractivity contribution in [3.8, 4) is 0 Å². The van der Waals surface area contributed by atoms with Gasteiger partial charge in [0.2, 0.25) is 0 Å². The van der Waals surface area contributed by atoms with Gasteiger partial charge in [-0.15, -0.1) is 0 Å². The largest absolute Gasteiger partial charge is 0.418 e. The van der Waals surface area contributed by atoms with Crippen LogP contribution in [0.5, 0.6) is 0 Å². The molecule has 0 saturated carbocycles. The van der Waals surface area contributed by atoms with Crippen LogP contribution in [0.15, 0.2) is 49.6 Å². The Bertz CT molecular complexity index is 351. The van der Waals surface area contributed by atoms with Crippen LogP contribution in [0.3, 0.4) is 0 Å². The second kappa shape index (κ2) is 31.7. The molecule has 0 rings (SSSR count). The van der Waals surface area contributed by atoms with E-state index in [1.54, 1.807) is 18.2 Å². The first-order chi connectivity index (χ1) is 10.6. The van der Waals surface area contributed by atoms with Crippen molar-refractivity contribution in [2.75, 3.05) is 0 Å². The zero-order chi connectivity index (χ0) is 18.4. The normalized spacial score (nSPS) is 7.91. The number of allylic oxidation sites excluding steroid dienone is 3. The zero-order valence-corrected chi connectivity index (χ0v) is 13.9. The number of rotatable bonds is 6. The van der Waals surface area contributed by atoms with Crippen molar-refractivity contribution < 1.29 is 50.5 Å². The molecule has 0 aromatic rings. The summed E-state index contributed by atoms with van der Waals surface area (Å²) in [5.41, 5.74) is 0. The van der Waals surface area contributed by atoms with E-state index in [0.29, 0.717) is 0 Å². The third-order valence-electron chi connectivity index (χ3n) is 1.37. The molecule has 0 heterocycles. The molecule has 0 bridgehead atoms. The van der Waals surface area contributed by atoms with Gasteiger partial charge >= 0.3 is 11.9 Å². The van der Waals surface area contributed by atoms with Gasteiger partial charge in [0.05, 0.1) is 0 Å². The maximum Gasteiger partial charge on any atom is 0.333 e. The van der Waals surface area contributed by atoms with E-state index in [-0.39, 0.29) is 17.1 Å². The number of hydrogen-bond acceptors (Lipinski definition) is 7. The average Bonchev–Trinajstić information content (AvgIpc) is 2.60. The number of carbonyl (C=O) groups is 5. The molecule has 130 valence electrons. The number of carbonyl (C=O) groups excluding carboxylic acids is 5. The molecular formula is C15H20FeO7. The van der Waals surface area contributed by atoms with Crippen molar-refractivity contribution in [3.05, 3.63) is 49.6 Å². The fourth-order valence-electron chi connectivity index (χ4n) is 0.694. The first-order valence-electron chi connectivity index (χ1n) is 5.46. The number of esters is 2. The minimum Gasteiger partial charge on any atom is -0.418 e. The van der Waals surface area contributed by atoms with Crippen LogP contribution in [-0.4, -0.2) is 38.6 Å².